The van der Waals surface area contributed by atoms with E-state index >= 15 is 0 Å². The molecular formula is C24H25N3O3S2. The SMILES string of the molecule is CCN(CC)c1ccc(/C=c2\sc3n(c2=O)[C@H](c2cccs2)C(C(=O)OC)=C(C)N=3)cc1. The highest BCUT2D eigenvalue weighted by atomic mass is 32.1. The summed E-state index contributed by atoms with van der Waals surface area (Å²) in [6.45, 7) is 7.94. The van der Waals surface area contributed by atoms with Gasteiger partial charge >= 0.3 is 5.97 Å². The normalized spacial score (nSPS) is 16.0. The highest BCUT2D eigenvalue weighted by Gasteiger charge is 2.33. The lowest BCUT2D eigenvalue weighted by Crippen LogP contribution is -2.39. The van der Waals surface area contributed by atoms with Crippen molar-refractivity contribution in [3.8, 4) is 0 Å². The van der Waals surface area contributed by atoms with Gasteiger partial charge in [0, 0.05) is 23.7 Å². The lowest BCUT2D eigenvalue weighted by molar-refractivity contribution is -0.136. The van der Waals surface area contributed by atoms with Gasteiger partial charge in [0.15, 0.2) is 4.80 Å². The number of allylic oxidation sites excluding steroid dienone is 1. The van der Waals surface area contributed by atoms with E-state index in [1.54, 1.807) is 11.5 Å². The summed E-state index contributed by atoms with van der Waals surface area (Å²) in [5.41, 5.74) is 2.92. The Bertz CT molecular complexity index is 1330. The van der Waals surface area contributed by atoms with Crippen molar-refractivity contribution in [2.45, 2.75) is 26.8 Å². The Kier molecular flexibility index (Phi) is 6.43. The molecule has 0 saturated carbocycles. The van der Waals surface area contributed by atoms with Crippen molar-refractivity contribution in [3.63, 3.8) is 0 Å². The second-order valence-electron chi connectivity index (χ2n) is 7.35. The number of benzene rings is 1. The van der Waals surface area contributed by atoms with E-state index in [4.69, 9.17) is 4.74 Å². The molecule has 32 heavy (non-hydrogen) atoms. The van der Waals surface area contributed by atoms with Crippen molar-refractivity contribution < 1.29 is 9.53 Å². The standard InChI is InChI=1S/C24H25N3O3S2/c1-5-26(6-2)17-11-9-16(10-12-17)14-19-22(28)27-21(18-8-7-13-31-18)20(23(29)30-4)15(3)25-24(27)32-19/h7-14,21H,5-6H2,1-4H3/b19-14-/t21-/m1/s1. The number of ether oxygens (including phenoxy) is 1. The summed E-state index contributed by atoms with van der Waals surface area (Å²) in [7, 11) is 1.35. The number of aromatic nitrogens is 1. The summed E-state index contributed by atoms with van der Waals surface area (Å²) >= 11 is 2.84. The van der Waals surface area contributed by atoms with E-state index in [0.717, 1.165) is 29.2 Å². The molecule has 0 spiro atoms. The molecule has 1 aromatic carbocycles. The van der Waals surface area contributed by atoms with E-state index in [0.29, 0.717) is 20.6 Å². The van der Waals surface area contributed by atoms with Crippen LogP contribution in [0.5, 0.6) is 0 Å². The molecule has 0 aliphatic carbocycles. The molecule has 0 unspecified atom stereocenters. The Morgan fingerprint density at radius 2 is 1.94 bits per heavy atom. The summed E-state index contributed by atoms with van der Waals surface area (Å²) in [4.78, 5) is 34.4. The molecule has 0 N–H and O–H groups in total. The van der Waals surface area contributed by atoms with Crippen molar-refractivity contribution in [1.29, 1.82) is 0 Å². The number of thiophene rings is 1. The molecule has 0 radical (unpaired) electrons. The van der Waals surface area contributed by atoms with Crippen molar-refractivity contribution in [2.75, 3.05) is 25.1 Å². The van der Waals surface area contributed by atoms with Crippen LogP contribution in [0.2, 0.25) is 0 Å². The third-order valence-electron chi connectivity index (χ3n) is 5.56. The third-order valence-corrected chi connectivity index (χ3v) is 7.47. The maximum Gasteiger partial charge on any atom is 0.338 e. The number of rotatable bonds is 6. The summed E-state index contributed by atoms with van der Waals surface area (Å²) in [6, 6.07) is 11.5. The largest absolute Gasteiger partial charge is 0.466 e. The van der Waals surface area contributed by atoms with Gasteiger partial charge in [-0.3, -0.25) is 9.36 Å². The molecule has 0 amide bonds. The number of carbonyl (C=O) groups is 1. The predicted octanol–water partition coefficient (Wildman–Crippen LogP) is 3.32. The lowest BCUT2D eigenvalue weighted by atomic mass is 10.0. The van der Waals surface area contributed by atoms with Crippen molar-refractivity contribution in [3.05, 3.63) is 83.2 Å². The molecule has 0 saturated heterocycles. The molecule has 3 aromatic rings. The van der Waals surface area contributed by atoms with Gasteiger partial charge in [0.25, 0.3) is 5.56 Å². The van der Waals surface area contributed by atoms with E-state index in [-0.39, 0.29) is 5.56 Å². The van der Waals surface area contributed by atoms with Crippen LogP contribution in [0.1, 0.15) is 37.3 Å². The van der Waals surface area contributed by atoms with Gasteiger partial charge in [-0.1, -0.05) is 29.5 Å². The van der Waals surface area contributed by atoms with Crippen LogP contribution in [0.25, 0.3) is 6.08 Å². The maximum atomic E-state index is 13.5. The number of carbonyl (C=O) groups excluding carboxylic acids is 1. The van der Waals surface area contributed by atoms with Gasteiger partial charge in [-0.15, -0.1) is 11.3 Å². The summed E-state index contributed by atoms with van der Waals surface area (Å²) < 4.78 is 7.22. The number of thiazole rings is 1. The molecule has 3 heterocycles. The lowest BCUT2D eigenvalue weighted by Gasteiger charge is -2.22. The quantitative estimate of drug-likeness (QED) is 0.522. The molecule has 1 aliphatic heterocycles. The van der Waals surface area contributed by atoms with E-state index in [1.807, 2.05) is 35.7 Å². The number of hydrogen-bond acceptors (Lipinski definition) is 7. The number of fused-ring (bicyclic) bond motifs is 1. The van der Waals surface area contributed by atoms with Crippen LogP contribution in [-0.2, 0) is 9.53 Å². The molecule has 1 atom stereocenters. The van der Waals surface area contributed by atoms with Crippen molar-refractivity contribution in [2.24, 2.45) is 4.99 Å². The van der Waals surface area contributed by atoms with Gasteiger partial charge < -0.3 is 9.64 Å². The average Bonchev–Trinajstić information content (AvgIpc) is 3.43. The Hall–Kier alpha value is -2.97. The van der Waals surface area contributed by atoms with Crippen LogP contribution in [0.3, 0.4) is 0 Å². The second kappa shape index (κ2) is 9.26. The van der Waals surface area contributed by atoms with Crippen LogP contribution >= 0.6 is 22.7 Å². The molecule has 166 valence electrons. The number of hydrogen-bond donors (Lipinski definition) is 0. The average molecular weight is 468 g/mol. The number of methoxy groups -OCH3 is 1. The fourth-order valence-corrected chi connectivity index (χ4v) is 5.80. The van der Waals surface area contributed by atoms with E-state index in [1.165, 1.54) is 29.8 Å². The summed E-state index contributed by atoms with van der Waals surface area (Å²) in [5.74, 6) is -0.467. The maximum absolute atomic E-state index is 13.5. The molecular weight excluding hydrogens is 442 g/mol. The molecule has 8 heteroatoms. The summed E-state index contributed by atoms with van der Waals surface area (Å²) in [6.07, 6.45) is 1.89. The zero-order chi connectivity index (χ0) is 22.8. The van der Waals surface area contributed by atoms with Gasteiger partial charge in [0.2, 0.25) is 0 Å². The molecule has 6 nitrogen and oxygen atoms in total. The Morgan fingerprint density at radius 3 is 2.53 bits per heavy atom. The van der Waals surface area contributed by atoms with Crippen LogP contribution in [-0.4, -0.2) is 30.7 Å². The first-order chi connectivity index (χ1) is 15.5. The number of anilines is 1. The van der Waals surface area contributed by atoms with Crippen LogP contribution in [0.4, 0.5) is 5.69 Å². The van der Waals surface area contributed by atoms with E-state index in [9.17, 15) is 9.59 Å². The van der Waals surface area contributed by atoms with Gasteiger partial charge in [-0.2, -0.15) is 0 Å². The van der Waals surface area contributed by atoms with Crippen molar-refractivity contribution in [1.82, 2.24) is 4.57 Å². The smallest absolute Gasteiger partial charge is 0.338 e. The minimum Gasteiger partial charge on any atom is -0.466 e. The Labute approximate surface area is 194 Å². The van der Waals surface area contributed by atoms with Gasteiger partial charge in [-0.25, -0.2) is 9.79 Å². The predicted molar refractivity (Wildman–Crippen MR) is 130 cm³/mol. The first-order valence-corrected chi connectivity index (χ1v) is 12.2. The molecule has 1 aliphatic rings. The molecule has 2 aromatic heterocycles. The Balaban J connectivity index is 1.83. The van der Waals surface area contributed by atoms with Crippen LogP contribution in [0.15, 0.2) is 62.8 Å². The Morgan fingerprint density at radius 1 is 1.22 bits per heavy atom. The van der Waals surface area contributed by atoms with Crippen LogP contribution in [0, 0.1) is 0 Å². The molecule has 4 rings (SSSR count). The molecule has 0 bridgehead atoms. The van der Waals surface area contributed by atoms with Gasteiger partial charge in [-0.05, 0) is 56.0 Å². The molecule has 0 fully saturated rings. The number of esters is 1. The van der Waals surface area contributed by atoms with E-state index in [2.05, 4.69) is 35.9 Å². The zero-order valence-corrected chi connectivity index (χ0v) is 20.1. The highest BCUT2D eigenvalue weighted by Crippen LogP contribution is 2.32. The monoisotopic (exact) mass is 467 g/mol. The number of nitrogens with zero attached hydrogens (tertiary/aromatic N) is 3. The fourth-order valence-electron chi connectivity index (χ4n) is 3.93. The first kappa shape index (κ1) is 22.2. The zero-order valence-electron chi connectivity index (χ0n) is 18.5. The van der Waals surface area contributed by atoms with Crippen LogP contribution < -0.4 is 19.8 Å². The van der Waals surface area contributed by atoms with E-state index < -0.39 is 12.0 Å². The highest BCUT2D eigenvalue weighted by molar-refractivity contribution is 7.10. The van der Waals surface area contributed by atoms with Crippen molar-refractivity contribution >= 4 is 40.4 Å². The fraction of sp³-hybridized carbons (Fsp3) is 0.292. The van der Waals surface area contributed by atoms with Gasteiger partial charge in [0.1, 0.15) is 6.04 Å². The second-order valence-corrected chi connectivity index (χ2v) is 9.34. The topological polar surface area (TPSA) is 63.9 Å². The first-order valence-electron chi connectivity index (χ1n) is 10.5. The van der Waals surface area contributed by atoms with Gasteiger partial charge in [0.05, 0.1) is 22.9 Å². The third kappa shape index (κ3) is 3.96. The minimum atomic E-state index is -0.536. The minimum absolute atomic E-state index is 0.158. The summed E-state index contributed by atoms with van der Waals surface area (Å²) in [5, 5.41) is 1.94.